The van der Waals surface area contributed by atoms with Gasteiger partial charge in [-0.25, -0.2) is 0 Å². The fraction of sp³-hybridized carbons (Fsp3) is 0.417. The highest BCUT2D eigenvalue weighted by Crippen LogP contribution is 2.24. The van der Waals surface area contributed by atoms with E-state index in [1.54, 1.807) is 27.3 Å². The van der Waals surface area contributed by atoms with Gasteiger partial charge in [-0.1, -0.05) is 0 Å². The smallest absolute Gasteiger partial charge is 0.234 e. The van der Waals surface area contributed by atoms with Crippen LogP contribution in [-0.4, -0.2) is 33.7 Å². The summed E-state index contributed by atoms with van der Waals surface area (Å²) in [4.78, 5) is 11.3. The van der Waals surface area contributed by atoms with Gasteiger partial charge >= 0.3 is 0 Å². The van der Waals surface area contributed by atoms with Crippen LogP contribution in [0.5, 0.6) is 11.5 Å². The molecule has 0 radical (unpaired) electrons. The molecule has 5 heteroatoms. The molecule has 0 unspecified atom stereocenters. The number of likely N-dealkylation sites (N-methyl/N-ethyl adjacent to an activating group) is 1. The van der Waals surface area contributed by atoms with E-state index in [1.807, 2.05) is 12.1 Å². The normalized spacial score (nSPS) is 9.82. The molecule has 0 aromatic heterocycles. The zero-order valence-electron chi connectivity index (χ0n) is 10.4. The van der Waals surface area contributed by atoms with Crippen LogP contribution in [0.1, 0.15) is 5.56 Å². The second-order valence-electron chi connectivity index (χ2n) is 3.48. The summed E-state index contributed by atoms with van der Waals surface area (Å²) >= 11 is 0. The largest absolute Gasteiger partial charge is 0.497 e. The summed E-state index contributed by atoms with van der Waals surface area (Å²) in [7, 11) is 4.92. The molecule has 1 aromatic carbocycles. The summed E-state index contributed by atoms with van der Waals surface area (Å²) in [5.41, 5.74) is 0.915. The minimum atomic E-state index is -0.0506. The Morgan fingerprint density at radius 2 is 2.06 bits per heavy atom. The van der Waals surface area contributed by atoms with E-state index in [4.69, 9.17) is 9.47 Å². The van der Waals surface area contributed by atoms with Crippen LogP contribution in [0.4, 0.5) is 0 Å². The Morgan fingerprint density at radius 3 is 2.65 bits per heavy atom. The lowest BCUT2D eigenvalue weighted by Crippen LogP contribution is -2.31. The first-order valence-corrected chi connectivity index (χ1v) is 5.33. The van der Waals surface area contributed by atoms with Crippen LogP contribution in [0.3, 0.4) is 0 Å². The van der Waals surface area contributed by atoms with E-state index in [1.165, 1.54) is 0 Å². The number of hydrogen-bond acceptors (Lipinski definition) is 4. The summed E-state index contributed by atoms with van der Waals surface area (Å²) in [6, 6.07) is 5.50. The number of hydrogen-bond donors (Lipinski definition) is 2. The minimum absolute atomic E-state index is 0.0506. The van der Waals surface area contributed by atoms with E-state index in [0.717, 1.165) is 11.3 Å². The molecule has 5 nitrogen and oxygen atoms in total. The highest BCUT2D eigenvalue weighted by Gasteiger charge is 2.06. The molecule has 17 heavy (non-hydrogen) atoms. The number of amides is 1. The first kappa shape index (κ1) is 13.3. The first-order chi connectivity index (χ1) is 8.21. The molecule has 0 bridgehead atoms. The predicted molar refractivity (Wildman–Crippen MR) is 65.3 cm³/mol. The van der Waals surface area contributed by atoms with Crippen molar-refractivity contribution in [1.82, 2.24) is 10.6 Å². The van der Waals surface area contributed by atoms with Gasteiger partial charge in [0.25, 0.3) is 0 Å². The molecule has 1 rings (SSSR count). The second-order valence-corrected chi connectivity index (χ2v) is 3.48. The third kappa shape index (κ3) is 3.96. The fourth-order valence-electron chi connectivity index (χ4n) is 1.41. The number of benzene rings is 1. The Balaban J connectivity index is 2.67. The lowest BCUT2D eigenvalue weighted by molar-refractivity contribution is -0.120. The van der Waals surface area contributed by atoms with Gasteiger partial charge in [-0.3, -0.25) is 4.79 Å². The van der Waals surface area contributed by atoms with Crippen molar-refractivity contribution in [3.05, 3.63) is 23.8 Å². The zero-order chi connectivity index (χ0) is 12.7. The van der Waals surface area contributed by atoms with Crippen molar-refractivity contribution in [1.29, 1.82) is 0 Å². The molecule has 1 amide bonds. The summed E-state index contributed by atoms with van der Waals surface area (Å²) in [6.07, 6.45) is 0. The van der Waals surface area contributed by atoms with Crippen molar-refractivity contribution in [2.24, 2.45) is 0 Å². The van der Waals surface area contributed by atoms with Crippen molar-refractivity contribution in [3.63, 3.8) is 0 Å². The van der Waals surface area contributed by atoms with Crippen LogP contribution in [0.25, 0.3) is 0 Å². The van der Waals surface area contributed by atoms with E-state index in [0.29, 0.717) is 18.8 Å². The van der Waals surface area contributed by atoms with Gasteiger partial charge < -0.3 is 20.1 Å². The number of carbonyl (C=O) groups is 1. The average Bonchev–Trinajstić information content (AvgIpc) is 2.36. The van der Waals surface area contributed by atoms with Crippen LogP contribution in [0.2, 0.25) is 0 Å². The Labute approximate surface area is 101 Å². The number of ether oxygens (including phenoxy) is 2. The average molecular weight is 238 g/mol. The minimum Gasteiger partial charge on any atom is -0.497 e. The van der Waals surface area contributed by atoms with Crippen LogP contribution >= 0.6 is 0 Å². The van der Waals surface area contributed by atoms with Gasteiger partial charge in [-0.15, -0.1) is 0 Å². The van der Waals surface area contributed by atoms with Gasteiger partial charge in [0.2, 0.25) is 5.91 Å². The highest BCUT2D eigenvalue weighted by atomic mass is 16.5. The molecule has 0 aliphatic heterocycles. The standard InChI is InChI=1S/C12H18N2O3/c1-13-8-12(15)14-7-9-4-5-10(16-2)6-11(9)17-3/h4-6,13H,7-8H2,1-3H3,(H,14,15). The Morgan fingerprint density at radius 1 is 1.29 bits per heavy atom. The van der Waals surface area contributed by atoms with Gasteiger partial charge in [-0.05, 0) is 19.2 Å². The molecule has 0 aliphatic carbocycles. The molecule has 0 fully saturated rings. The maximum Gasteiger partial charge on any atom is 0.234 e. The van der Waals surface area contributed by atoms with E-state index in [2.05, 4.69) is 10.6 Å². The lowest BCUT2D eigenvalue weighted by Gasteiger charge is -2.11. The van der Waals surface area contributed by atoms with Crippen LogP contribution < -0.4 is 20.1 Å². The van der Waals surface area contributed by atoms with Crippen molar-refractivity contribution in [2.45, 2.75) is 6.54 Å². The molecule has 0 aliphatic rings. The van der Waals surface area contributed by atoms with E-state index in [-0.39, 0.29) is 5.91 Å². The number of rotatable bonds is 6. The third-order valence-electron chi connectivity index (χ3n) is 2.31. The SMILES string of the molecule is CNCC(=O)NCc1ccc(OC)cc1OC. The second kappa shape index (κ2) is 6.75. The van der Waals surface area contributed by atoms with E-state index >= 15 is 0 Å². The molecule has 0 heterocycles. The first-order valence-electron chi connectivity index (χ1n) is 5.33. The van der Waals surface area contributed by atoms with Crippen molar-refractivity contribution >= 4 is 5.91 Å². The molecule has 1 aromatic rings. The maximum atomic E-state index is 11.3. The lowest BCUT2D eigenvalue weighted by atomic mass is 10.2. The van der Waals surface area contributed by atoms with Crippen molar-refractivity contribution < 1.29 is 14.3 Å². The van der Waals surface area contributed by atoms with Crippen LogP contribution in [0.15, 0.2) is 18.2 Å². The van der Waals surface area contributed by atoms with E-state index < -0.39 is 0 Å². The van der Waals surface area contributed by atoms with Gasteiger partial charge in [0, 0.05) is 18.2 Å². The summed E-state index contributed by atoms with van der Waals surface area (Å²) in [5.74, 6) is 1.38. The van der Waals surface area contributed by atoms with Gasteiger partial charge in [-0.2, -0.15) is 0 Å². The number of nitrogens with one attached hydrogen (secondary N) is 2. The van der Waals surface area contributed by atoms with Gasteiger partial charge in [0.1, 0.15) is 11.5 Å². The van der Waals surface area contributed by atoms with Gasteiger partial charge in [0.05, 0.1) is 20.8 Å². The van der Waals surface area contributed by atoms with Crippen LogP contribution in [-0.2, 0) is 11.3 Å². The highest BCUT2D eigenvalue weighted by molar-refractivity contribution is 5.78. The molecule has 2 N–H and O–H groups in total. The number of carbonyl (C=O) groups excluding carboxylic acids is 1. The van der Waals surface area contributed by atoms with Crippen LogP contribution in [0, 0.1) is 0 Å². The van der Waals surface area contributed by atoms with Crippen molar-refractivity contribution in [2.75, 3.05) is 27.8 Å². The molecule has 94 valence electrons. The monoisotopic (exact) mass is 238 g/mol. The van der Waals surface area contributed by atoms with E-state index in [9.17, 15) is 4.79 Å². The van der Waals surface area contributed by atoms with Crippen molar-refractivity contribution in [3.8, 4) is 11.5 Å². The molecule has 0 atom stereocenters. The molecule has 0 saturated carbocycles. The summed E-state index contributed by atoms with van der Waals surface area (Å²) in [6.45, 7) is 0.742. The third-order valence-corrected chi connectivity index (χ3v) is 2.31. The van der Waals surface area contributed by atoms with Gasteiger partial charge in [0.15, 0.2) is 0 Å². The molecular weight excluding hydrogens is 220 g/mol. The Bertz CT molecular complexity index is 380. The summed E-state index contributed by atoms with van der Waals surface area (Å²) in [5, 5.41) is 5.58. The Hall–Kier alpha value is -1.75. The number of methoxy groups -OCH3 is 2. The maximum absolute atomic E-state index is 11.3. The summed E-state index contributed by atoms with van der Waals surface area (Å²) < 4.78 is 10.3. The quantitative estimate of drug-likeness (QED) is 0.759. The molecule has 0 saturated heterocycles. The molecule has 0 spiro atoms. The fourth-order valence-corrected chi connectivity index (χ4v) is 1.41. The molecular formula is C12H18N2O3. The Kier molecular flexibility index (Phi) is 5.29. The zero-order valence-corrected chi connectivity index (χ0v) is 10.4. The predicted octanol–water partition coefficient (Wildman–Crippen LogP) is 0.539. The topological polar surface area (TPSA) is 59.6 Å².